The Morgan fingerprint density at radius 1 is 1.05 bits per heavy atom. The second kappa shape index (κ2) is 8.00. The van der Waals surface area contributed by atoms with E-state index in [0.29, 0.717) is 25.9 Å². The maximum absolute atomic E-state index is 11.9. The highest BCUT2D eigenvalue weighted by Gasteiger charge is 2.28. The van der Waals surface area contributed by atoms with Crippen LogP contribution in [0.5, 0.6) is 0 Å². The molecule has 7 nitrogen and oxygen atoms in total. The van der Waals surface area contributed by atoms with Crippen LogP contribution >= 0.6 is 0 Å². The number of methoxy groups -OCH3 is 1. The second-order valence-corrected chi connectivity index (χ2v) is 6.23. The van der Waals surface area contributed by atoms with Gasteiger partial charge in [-0.05, 0) is 20.8 Å². The van der Waals surface area contributed by atoms with Crippen LogP contribution in [0.1, 0.15) is 46.5 Å². The van der Waals surface area contributed by atoms with Crippen LogP contribution in [0.15, 0.2) is 0 Å². The quantitative estimate of drug-likeness (QED) is 0.582. The van der Waals surface area contributed by atoms with Gasteiger partial charge in [0.2, 0.25) is 0 Å². The lowest BCUT2D eigenvalue weighted by molar-refractivity contribution is -0.154. The Kier molecular flexibility index (Phi) is 6.64. The van der Waals surface area contributed by atoms with Crippen molar-refractivity contribution in [3.8, 4) is 0 Å². The number of ether oxygens (including phenoxy) is 3. The molecule has 0 atom stereocenters. The van der Waals surface area contributed by atoms with E-state index in [9.17, 15) is 14.4 Å². The van der Waals surface area contributed by atoms with Crippen LogP contribution in [0.25, 0.3) is 0 Å². The van der Waals surface area contributed by atoms with Crippen LogP contribution in [-0.4, -0.2) is 54.8 Å². The van der Waals surface area contributed by atoms with E-state index in [1.165, 1.54) is 7.11 Å². The van der Waals surface area contributed by atoms with Crippen molar-refractivity contribution in [1.82, 2.24) is 4.90 Å². The molecule has 22 heavy (non-hydrogen) atoms. The molecule has 1 amide bonds. The van der Waals surface area contributed by atoms with Gasteiger partial charge in [0, 0.05) is 25.9 Å². The second-order valence-electron chi connectivity index (χ2n) is 6.23. The summed E-state index contributed by atoms with van der Waals surface area (Å²) in [6, 6.07) is 0. The van der Waals surface area contributed by atoms with Crippen LogP contribution < -0.4 is 0 Å². The molecule has 0 aromatic rings. The molecule has 1 saturated heterocycles. The Hall–Kier alpha value is -1.79. The first-order valence-electron chi connectivity index (χ1n) is 7.45. The topological polar surface area (TPSA) is 82.1 Å². The summed E-state index contributed by atoms with van der Waals surface area (Å²) in [5.74, 6) is -0.849. The predicted molar refractivity (Wildman–Crippen MR) is 78.2 cm³/mol. The van der Waals surface area contributed by atoms with Crippen LogP contribution in [-0.2, 0) is 23.8 Å². The normalized spacial score (nSPS) is 16.1. The Bertz CT molecular complexity index is 407. The van der Waals surface area contributed by atoms with Gasteiger partial charge in [0.15, 0.2) is 0 Å². The first-order chi connectivity index (χ1) is 10.2. The first-order valence-corrected chi connectivity index (χ1v) is 7.45. The first kappa shape index (κ1) is 18.3. The fourth-order valence-electron chi connectivity index (χ4n) is 2.03. The molecule has 0 N–H and O–H groups in total. The minimum Gasteiger partial charge on any atom is -0.469 e. The van der Waals surface area contributed by atoms with Crippen molar-refractivity contribution in [3.05, 3.63) is 0 Å². The Labute approximate surface area is 130 Å². The average Bonchev–Trinajstić information content (AvgIpc) is 2.43. The smallest absolute Gasteiger partial charge is 0.410 e. The lowest BCUT2D eigenvalue weighted by Gasteiger charge is -2.33. The van der Waals surface area contributed by atoms with Crippen LogP contribution in [0.3, 0.4) is 0 Å². The molecule has 1 aliphatic rings. The van der Waals surface area contributed by atoms with Crippen molar-refractivity contribution in [1.29, 1.82) is 0 Å². The standard InChI is InChI=1S/C15H25NO6/c1-15(2,3)22-14(19)16-9-7-11(8-10-16)21-13(18)6-5-12(17)20-4/h11H,5-10H2,1-4H3. The fraction of sp³-hybridized carbons (Fsp3) is 0.800. The van der Waals surface area contributed by atoms with Crippen LogP contribution in [0.4, 0.5) is 4.79 Å². The van der Waals surface area contributed by atoms with Crippen LogP contribution in [0.2, 0.25) is 0 Å². The summed E-state index contributed by atoms with van der Waals surface area (Å²) in [4.78, 5) is 36.1. The predicted octanol–water partition coefficient (Wildman–Crippen LogP) is 1.88. The number of carbonyl (C=O) groups excluding carboxylic acids is 3. The Morgan fingerprint density at radius 2 is 1.59 bits per heavy atom. The molecule has 1 aliphatic heterocycles. The van der Waals surface area contributed by atoms with E-state index in [4.69, 9.17) is 9.47 Å². The van der Waals surface area contributed by atoms with Gasteiger partial charge in [0.25, 0.3) is 0 Å². The van der Waals surface area contributed by atoms with E-state index in [2.05, 4.69) is 4.74 Å². The maximum Gasteiger partial charge on any atom is 0.410 e. The van der Waals surface area contributed by atoms with E-state index in [1.54, 1.807) is 4.90 Å². The van der Waals surface area contributed by atoms with E-state index in [-0.39, 0.29) is 25.0 Å². The van der Waals surface area contributed by atoms with E-state index in [0.717, 1.165) is 0 Å². The summed E-state index contributed by atoms with van der Waals surface area (Å²) in [6.45, 7) is 6.44. The zero-order chi connectivity index (χ0) is 16.8. The largest absolute Gasteiger partial charge is 0.469 e. The molecule has 0 unspecified atom stereocenters. The van der Waals surface area contributed by atoms with Crippen molar-refractivity contribution < 1.29 is 28.6 Å². The molecule has 1 fully saturated rings. The summed E-state index contributed by atoms with van der Waals surface area (Å²) in [7, 11) is 1.28. The minimum absolute atomic E-state index is 0.0129. The molecular weight excluding hydrogens is 290 g/mol. The van der Waals surface area contributed by atoms with E-state index >= 15 is 0 Å². The van der Waals surface area contributed by atoms with Gasteiger partial charge in [-0.2, -0.15) is 0 Å². The van der Waals surface area contributed by atoms with Gasteiger partial charge in [-0.3, -0.25) is 9.59 Å². The summed E-state index contributed by atoms with van der Waals surface area (Å²) in [5, 5.41) is 0. The number of amides is 1. The molecule has 0 saturated carbocycles. The summed E-state index contributed by atoms with van der Waals surface area (Å²) >= 11 is 0. The number of carbonyl (C=O) groups is 3. The highest BCUT2D eigenvalue weighted by Crippen LogP contribution is 2.18. The molecule has 7 heteroatoms. The lowest BCUT2D eigenvalue weighted by atomic mass is 10.1. The molecule has 0 radical (unpaired) electrons. The van der Waals surface area contributed by atoms with Gasteiger partial charge in [0.05, 0.1) is 20.0 Å². The molecule has 0 aromatic heterocycles. The highest BCUT2D eigenvalue weighted by atomic mass is 16.6. The summed E-state index contributed by atoms with van der Waals surface area (Å²) < 4.78 is 15.1. The van der Waals surface area contributed by atoms with Gasteiger partial charge < -0.3 is 19.1 Å². The zero-order valence-electron chi connectivity index (χ0n) is 13.7. The Balaban J connectivity index is 2.29. The summed E-state index contributed by atoms with van der Waals surface area (Å²) in [5.41, 5.74) is -0.520. The molecule has 0 bridgehead atoms. The molecule has 0 spiro atoms. The number of hydrogen-bond donors (Lipinski definition) is 0. The number of piperidine rings is 1. The third-order valence-corrected chi connectivity index (χ3v) is 3.15. The Morgan fingerprint density at radius 3 is 2.09 bits per heavy atom. The van der Waals surface area contributed by atoms with E-state index < -0.39 is 17.5 Å². The molecule has 1 heterocycles. The fourth-order valence-corrected chi connectivity index (χ4v) is 2.03. The van der Waals surface area contributed by atoms with Gasteiger partial charge in [-0.15, -0.1) is 0 Å². The highest BCUT2D eigenvalue weighted by molar-refractivity contribution is 5.77. The van der Waals surface area contributed by atoms with Crippen molar-refractivity contribution in [2.24, 2.45) is 0 Å². The molecule has 0 aliphatic carbocycles. The van der Waals surface area contributed by atoms with Crippen molar-refractivity contribution >= 4 is 18.0 Å². The van der Waals surface area contributed by atoms with Gasteiger partial charge in [-0.1, -0.05) is 0 Å². The van der Waals surface area contributed by atoms with Gasteiger partial charge in [0.1, 0.15) is 11.7 Å². The third kappa shape index (κ3) is 6.78. The van der Waals surface area contributed by atoms with Crippen molar-refractivity contribution in [3.63, 3.8) is 0 Å². The number of rotatable bonds is 4. The average molecular weight is 315 g/mol. The third-order valence-electron chi connectivity index (χ3n) is 3.15. The SMILES string of the molecule is COC(=O)CCC(=O)OC1CCN(C(=O)OC(C)(C)C)CC1. The van der Waals surface area contributed by atoms with E-state index in [1.807, 2.05) is 20.8 Å². The van der Waals surface area contributed by atoms with Crippen molar-refractivity contribution in [2.45, 2.75) is 58.2 Å². The van der Waals surface area contributed by atoms with Gasteiger partial charge >= 0.3 is 18.0 Å². The summed E-state index contributed by atoms with van der Waals surface area (Å²) in [6.07, 6.45) is 0.615. The number of nitrogens with zero attached hydrogens (tertiary/aromatic N) is 1. The molecule has 0 aromatic carbocycles. The number of hydrogen-bond acceptors (Lipinski definition) is 6. The van der Waals surface area contributed by atoms with Gasteiger partial charge in [-0.25, -0.2) is 4.79 Å². The monoisotopic (exact) mass is 315 g/mol. The number of esters is 2. The zero-order valence-corrected chi connectivity index (χ0v) is 13.7. The maximum atomic E-state index is 11.9. The molecule has 1 rings (SSSR count). The molecular formula is C15H25NO6. The number of likely N-dealkylation sites (tertiary alicyclic amines) is 1. The molecule has 126 valence electrons. The minimum atomic E-state index is -0.520. The van der Waals surface area contributed by atoms with Crippen molar-refractivity contribution in [2.75, 3.05) is 20.2 Å². The lowest BCUT2D eigenvalue weighted by Crippen LogP contribution is -2.43. The van der Waals surface area contributed by atoms with Crippen LogP contribution in [0, 0.1) is 0 Å².